The van der Waals surface area contributed by atoms with Gasteiger partial charge >= 0.3 is 0 Å². The van der Waals surface area contributed by atoms with Crippen molar-refractivity contribution in [1.29, 1.82) is 0 Å². The smallest absolute Gasteiger partial charge is 0.265 e. The van der Waals surface area contributed by atoms with Crippen molar-refractivity contribution >= 4 is 22.4 Å². The second kappa shape index (κ2) is 3.75. The summed E-state index contributed by atoms with van der Waals surface area (Å²) in [5.41, 5.74) is -0.155. The number of nitrogens with zero attached hydrogens (tertiary/aromatic N) is 2. The number of aromatic amines is 1. The Labute approximate surface area is 101 Å². The Morgan fingerprint density at radius 1 is 1.24 bits per heavy atom. The van der Waals surface area contributed by atoms with E-state index < -0.39 is 0 Å². The van der Waals surface area contributed by atoms with Gasteiger partial charge in [-0.2, -0.15) is 5.10 Å². The van der Waals surface area contributed by atoms with Gasteiger partial charge in [-0.25, -0.2) is 0 Å². The molecule has 2 aromatic heterocycles. The highest BCUT2D eigenvalue weighted by atomic mass is 35.5. The van der Waals surface area contributed by atoms with Gasteiger partial charge in [0.1, 0.15) is 5.82 Å². The van der Waals surface area contributed by atoms with E-state index in [1.54, 1.807) is 24.5 Å². The van der Waals surface area contributed by atoms with Crippen molar-refractivity contribution < 1.29 is 0 Å². The number of H-pyrrole nitrogens is 1. The Hall–Kier alpha value is -2.07. The van der Waals surface area contributed by atoms with Crippen LogP contribution in [0.3, 0.4) is 0 Å². The van der Waals surface area contributed by atoms with E-state index >= 15 is 0 Å². The predicted molar refractivity (Wildman–Crippen MR) is 66.7 cm³/mol. The molecule has 0 spiro atoms. The zero-order valence-corrected chi connectivity index (χ0v) is 9.48. The lowest BCUT2D eigenvalue weighted by molar-refractivity contribution is 0.927. The minimum Gasteiger partial charge on any atom is -0.268 e. The Balaban J connectivity index is 2.41. The standard InChI is InChI=1S/C12H8ClN3O/c13-9-3-1-2-8-5-7-16(12(17)11(8)9)10-4-6-14-15-10/h1-7H,(H,14,15). The first kappa shape index (κ1) is 10.1. The monoisotopic (exact) mass is 245 g/mol. The molecular formula is C12H8ClN3O. The third kappa shape index (κ3) is 1.54. The third-order valence-corrected chi connectivity index (χ3v) is 2.94. The van der Waals surface area contributed by atoms with E-state index in [1.165, 1.54) is 4.57 Å². The second-order valence-corrected chi connectivity index (χ2v) is 4.04. The van der Waals surface area contributed by atoms with E-state index in [9.17, 15) is 4.79 Å². The minimum absolute atomic E-state index is 0.155. The lowest BCUT2D eigenvalue weighted by Gasteiger charge is -2.05. The first-order valence-electron chi connectivity index (χ1n) is 5.07. The van der Waals surface area contributed by atoms with Crippen molar-refractivity contribution in [2.75, 3.05) is 0 Å². The fourth-order valence-electron chi connectivity index (χ4n) is 1.82. The number of pyridine rings is 1. The fraction of sp³-hybridized carbons (Fsp3) is 0. The Kier molecular flexibility index (Phi) is 2.23. The number of aromatic nitrogens is 3. The van der Waals surface area contributed by atoms with Crippen molar-refractivity contribution in [3.63, 3.8) is 0 Å². The van der Waals surface area contributed by atoms with Crippen LogP contribution in [-0.4, -0.2) is 14.8 Å². The van der Waals surface area contributed by atoms with Crippen LogP contribution in [-0.2, 0) is 0 Å². The molecule has 0 aliphatic carbocycles. The second-order valence-electron chi connectivity index (χ2n) is 3.64. The van der Waals surface area contributed by atoms with Crippen molar-refractivity contribution in [2.45, 2.75) is 0 Å². The Morgan fingerprint density at radius 2 is 2.12 bits per heavy atom. The van der Waals surface area contributed by atoms with Crippen LogP contribution >= 0.6 is 11.6 Å². The van der Waals surface area contributed by atoms with Crippen LogP contribution in [0.2, 0.25) is 5.02 Å². The number of rotatable bonds is 1. The van der Waals surface area contributed by atoms with Gasteiger partial charge in [-0.1, -0.05) is 23.7 Å². The van der Waals surface area contributed by atoms with Gasteiger partial charge in [-0.3, -0.25) is 14.5 Å². The van der Waals surface area contributed by atoms with Crippen LogP contribution in [0.4, 0.5) is 0 Å². The zero-order chi connectivity index (χ0) is 11.8. The van der Waals surface area contributed by atoms with Crippen molar-refractivity contribution in [3.05, 3.63) is 58.1 Å². The average molecular weight is 246 g/mol. The first-order valence-corrected chi connectivity index (χ1v) is 5.45. The summed E-state index contributed by atoms with van der Waals surface area (Å²) < 4.78 is 1.49. The first-order chi connectivity index (χ1) is 8.27. The van der Waals surface area contributed by atoms with Gasteiger partial charge in [0.15, 0.2) is 0 Å². The molecule has 0 unspecified atom stereocenters. The number of hydrogen-bond acceptors (Lipinski definition) is 2. The van der Waals surface area contributed by atoms with E-state index in [4.69, 9.17) is 11.6 Å². The van der Waals surface area contributed by atoms with Crippen molar-refractivity contribution in [3.8, 4) is 5.82 Å². The number of fused-ring (bicyclic) bond motifs is 1. The molecule has 0 radical (unpaired) electrons. The molecule has 5 heteroatoms. The minimum atomic E-state index is -0.155. The highest BCUT2D eigenvalue weighted by molar-refractivity contribution is 6.35. The van der Waals surface area contributed by atoms with Gasteiger partial charge in [-0.15, -0.1) is 0 Å². The molecule has 0 saturated heterocycles. The highest BCUT2D eigenvalue weighted by Crippen LogP contribution is 2.19. The van der Waals surface area contributed by atoms with Crippen LogP contribution in [0.1, 0.15) is 0 Å². The van der Waals surface area contributed by atoms with Crippen LogP contribution in [0.25, 0.3) is 16.6 Å². The maximum Gasteiger partial charge on any atom is 0.265 e. The predicted octanol–water partition coefficient (Wildman–Crippen LogP) is 2.37. The molecule has 3 aromatic rings. The van der Waals surface area contributed by atoms with Gasteiger partial charge < -0.3 is 0 Å². The summed E-state index contributed by atoms with van der Waals surface area (Å²) in [5, 5.41) is 8.38. The SMILES string of the molecule is O=c1c2c(Cl)cccc2ccn1-c1ccn[nH]1. The van der Waals surface area contributed by atoms with Crippen LogP contribution in [0, 0.1) is 0 Å². The normalized spacial score (nSPS) is 10.9. The number of hydrogen-bond donors (Lipinski definition) is 1. The topological polar surface area (TPSA) is 50.7 Å². The molecular weight excluding hydrogens is 238 g/mol. The molecule has 84 valence electrons. The van der Waals surface area contributed by atoms with Crippen LogP contribution < -0.4 is 5.56 Å². The van der Waals surface area contributed by atoms with Gasteiger partial charge in [0.25, 0.3) is 5.56 Å². The van der Waals surface area contributed by atoms with E-state index in [0.717, 1.165) is 5.39 Å². The number of halogens is 1. The molecule has 3 rings (SSSR count). The largest absolute Gasteiger partial charge is 0.268 e. The molecule has 0 aliphatic heterocycles. The summed E-state index contributed by atoms with van der Waals surface area (Å²) in [6.45, 7) is 0. The quantitative estimate of drug-likeness (QED) is 0.716. The summed E-state index contributed by atoms with van der Waals surface area (Å²) in [6.07, 6.45) is 3.30. The molecule has 1 aromatic carbocycles. The van der Waals surface area contributed by atoms with Crippen molar-refractivity contribution in [1.82, 2.24) is 14.8 Å². The summed E-state index contributed by atoms with van der Waals surface area (Å²) in [5.74, 6) is 0.622. The average Bonchev–Trinajstić information content (AvgIpc) is 2.83. The van der Waals surface area contributed by atoms with Gasteiger partial charge in [0.05, 0.1) is 16.6 Å². The van der Waals surface area contributed by atoms with E-state index in [0.29, 0.717) is 16.2 Å². The lowest BCUT2D eigenvalue weighted by atomic mass is 10.2. The van der Waals surface area contributed by atoms with Crippen molar-refractivity contribution in [2.24, 2.45) is 0 Å². The molecule has 0 saturated carbocycles. The van der Waals surface area contributed by atoms with Gasteiger partial charge in [0.2, 0.25) is 0 Å². The third-order valence-electron chi connectivity index (χ3n) is 2.63. The molecule has 0 fully saturated rings. The van der Waals surface area contributed by atoms with E-state index in [1.807, 2.05) is 18.2 Å². The Morgan fingerprint density at radius 3 is 2.88 bits per heavy atom. The summed E-state index contributed by atoms with van der Waals surface area (Å²) in [6, 6.07) is 8.97. The van der Waals surface area contributed by atoms with E-state index in [2.05, 4.69) is 10.2 Å². The maximum absolute atomic E-state index is 12.3. The highest BCUT2D eigenvalue weighted by Gasteiger charge is 2.07. The molecule has 17 heavy (non-hydrogen) atoms. The number of nitrogens with one attached hydrogen (secondary N) is 1. The summed E-state index contributed by atoms with van der Waals surface area (Å²) in [7, 11) is 0. The Bertz CT molecular complexity index is 731. The number of benzene rings is 1. The molecule has 1 N–H and O–H groups in total. The van der Waals surface area contributed by atoms with Crippen LogP contribution in [0.5, 0.6) is 0 Å². The molecule has 4 nitrogen and oxygen atoms in total. The molecule has 0 aliphatic rings. The maximum atomic E-state index is 12.3. The van der Waals surface area contributed by atoms with E-state index in [-0.39, 0.29) is 5.56 Å². The van der Waals surface area contributed by atoms with Gasteiger partial charge in [0, 0.05) is 12.3 Å². The zero-order valence-electron chi connectivity index (χ0n) is 8.72. The summed E-state index contributed by atoms with van der Waals surface area (Å²) >= 11 is 6.06. The molecule has 0 atom stereocenters. The molecule has 2 heterocycles. The molecule has 0 amide bonds. The lowest BCUT2D eigenvalue weighted by Crippen LogP contribution is -2.18. The summed E-state index contributed by atoms with van der Waals surface area (Å²) in [4.78, 5) is 12.3. The molecule has 0 bridgehead atoms. The van der Waals surface area contributed by atoms with Crippen LogP contribution in [0.15, 0.2) is 47.5 Å². The van der Waals surface area contributed by atoms with Gasteiger partial charge in [-0.05, 0) is 17.5 Å². The fourth-order valence-corrected chi connectivity index (χ4v) is 2.08.